The summed E-state index contributed by atoms with van der Waals surface area (Å²) in [4.78, 5) is 18.8. The summed E-state index contributed by atoms with van der Waals surface area (Å²) in [5.41, 5.74) is 3.10. The summed E-state index contributed by atoms with van der Waals surface area (Å²) in [6, 6.07) is 9.81. The molecule has 0 saturated carbocycles. The minimum absolute atomic E-state index is 0.350. The molecule has 0 unspecified atom stereocenters. The molecule has 2 aromatic rings. The van der Waals surface area contributed by atoms with Crippen LogP contribution in [0.4, 0.5) is 11.6 Å². The Hall–Kier alpha value is -2.64. The van der Waals surface area contributed by atoms with Crippen LogP contribution in [-0.2, 0) is 25.5 Å². The fourth-order valence-corrected chi connectivity index (χ4v) is 3.22. The molecule has 2 aliphatic rings. The molecule has 3 heterocycles. The number of nitrogens with zero attached hydrogens (tertiary/aromatic N) is 3. The van der Waals surface area contributed by atoms with Crippen molar-refractivity contribution in [3.8, 4) is 0 Å². The van der Waals surface area contributed by atoms with Crippen LogP contribution in [0.1, 0.15) is 18.9 Å². The third-order valence-corrected chi connectivity index (χ3v) is 4.46. The van der Waals surface area contributed by atoms with Crippen LogP contribution >= 0.6 is 0 Å². The smallest absolute Gasteiger partial charge is 0.337 e. The molecule has 0 amide bonds. The Balaban J connectivity index is 1.85. The standard InChI is InChI=1S/C18H19N3O4/c1-12-14(16(22)23-2)11-20-15(17-24-8-9-25-17)10-19-18(20)21(12)13-6-4-3-5-7-13/h3-7,10,17H,8-9,11H2,1-2H3. The Morgan fingerprint density at radius 3 is 2.64 bits per heavy atom. The van der Waals surface area contributed by atoms with E-state index in [2.05, 4.69) is 4.98 Å². The van der Waals surface area contributed by atoms with E-state index in [0.717, 1.165) is 23.0 Å². The maximum atomic E-state index is 12.3. The monoisotopic (exact) mass is 341 g/mol. The van der Waals surface area contributed by atoms with Crippen LogP contribution in [0.15, 0.2) is 47.8 Å². The first kappa shape index (κ1) is 15.9. The Labute approximate surface area is 145 Å². The number of carbonyl (C=O) groups is 1. The molecule has 0 atom stereocenters. The van der Waals surface area contributed by atoms with E-state index in [9.17, 15) is 4.79 Å². The van der Waals surface area contributed by atoms with E-state index in [1.165, 1.54) is 7.11 Å². The molecule has 0 radical (unpaired) electrons. The van der Waals surface area contributed by atoms with E-state index in [1.54, 1.807) is 6.20 Å². The molecule has 130 valence electrons. The second-order valence-electron chi connectivity index (χ2n) is 5.87. The van der Waals surface area contributed by atoms with E-state index in [1.807, 2.05) is 46.7 Å². The fraction of sp³-hybridized carbons (Fsp3) is 0.333. The number of ether oxygens (including phenoxy) is 3. The van der Waals surface area contributed by atoms with Gasteiger partial charge in [-0.2, -0.15) is 0 Å². The van der Waals surface area contributed by atoms with Crippen LogP contribution in [-0.4, -0.2) is 35.8 Å². The van der Waals surface area contributed by atoms with Crippen molar-refractivity contribution in [2.24, 2.45) is 0 Å². The zero-order valence-corrected chi connectivity index (χ0v) is 14.1. The number of carbonyl (C=O) groups excluding carboxylic acids is 1. The molecule has 25 heavy (non-hydrogen) atoms. The molecular formula is C18H19N3O4. The lowest BCUT2D eigenvalue weighted by Gasteiger charge is -2.32. The van der Waals surface area contributed by atoms with Gasteiger partial charge in [-0.1, -0.05) is 18.2 Å². The van der Waals surface area contributed by atoms with Crippen molar-refractivity contribution < 1.29 is 19.0 Å². The number of anilines is 2. The summed E-state index contributed by atoms with van der Waals surface area (Å²) in [5, 5.41) is 0. The maximum Gasteiger partial charge on any atom is 0.337 e. The van der Waals surface area contributed by atoms with Gasteiger partial charge in [0.05, 0.1) is 44.3 Å². The van der Waals surface area contributed by atoms with Crippen molar-refractivity contribution in [3.63, 3.8) is 0 Å². The van der Waals surface area contributed by atoms with Crippen LogP contribution in [0.5, 0.6) is 0 Å². The quantitative estimate of drug-likeness (QED) is 0.799. The minimum atomic E-state index is -0.462. The van der Waals surface area contributed by atoms with E-state index in [4.69, 9.17) is 14.2 Å². The number of fused-ring (bicyclic) bond motifs is 1. The molecule has 1 aromatic heterocycles. The van der Waals surface area contributed by atoms with Crippen LogP contribution in [0.2, 0.25) is 0 Å². The number of allylic oxidation sites excluding steroid dienone is 1. The molecule has 4 rings (SSSR count). The number of esters is 1. The van der Waals surface area contributed by atoms with E-state index >= 15 is 0 Å². The minimum Gasteiger partial charge on any atom is -0.466 e. The molecular weight excluding hydrogens is 322 g/mol. The van der Waals surface area contributed by atoms with Crippen molar-refractivity contribution in [1.82, 2.24) is 9.55 Å². The Morgan fingerprint density at radius 1 is 1.24 bits per heavy atom. The Morgan fingerprint density at radius 2 is 1.96 bits per heavy atom. The predicted molar refractivity (Wildman–Crippen MR) is 90.2 cm³/mol. The summed E-state index contributed by atoms with van der Waals surface area (Å²) in [6.45, 7) is 3.37. The van der Waals surface area contributed by atoms with Gasteiger partial charge >= 0.3 is 5.97 Å². The summed E-state index contributed by atoms with van der Waals surface area (Å²) in [7, 11) is 1.39. The maximum absolute atomic E-state index is 12.3. The van der Waals surface area contributed by atoms with Crippen molar-refractivity contribution >= 4 is 17.6 Å². The summed E-state index contributed by atoms with van der Waals surface area (Å²) < 4.78 is 18.2. The number of methoxy groups -OCH3 is 1. The molecule has 0 N–H and O–H groups in total. The lowest BCUT2D eigenvalue weighted by Crippen LogP contribution is -2.30. The van der Waals surface area contributed by atoms with E-state index < -0.39 is 6.29 Å². The highest BCUT2D eigenvalue weighted by atomic mass is 16.7. The first-order valence-corrected chi connectivity index (χ1v) is 8.12. The molecule has 2 aliphatic heterocycles. The van der Waals surface area contributed by atoms with Crippen LogP contribution < -0.4 is 4.90 Å². The second-order valence-corrected chi connectivity index (χ2v) is 5.87. The first-order chi connectivity index (χ1) is 12.2. The van der Waals surface area contributed by atoms with Gasteiger partial charge in [-0.25, -0.2) is 9.78 Å². The van der Waals surface area contributed by atoms with Gasteiger partial charge in [0.1, 0.15) is 0 Å². The SMILES string of the molecule is COC(=O)C1=C(C)N(c2ccccc2)c2ncc(C3OCCO3)n2C1. The molecule has 1 fully saturated rings. The van der Waals surface area contributed by atoms with Gasteiger partial charge in [-0.3, -0.25) is 4.90 Å². The third-order valence-electron chi connectivity index (χ3n) is 4.46. The number of benzene rings is 1. The van der Waals surface area contributed by atoms with Crippen LogP contribution in [0.25, 0.3) is 0 Å². The molecule has 0 spiro atoms. The highest BCUT2D eigenvalue weighted by molar-refractivity contribution is 5.91. The summed E-state index contributed by atoms with van der Waals surface area (Å²) >= 11 is 0. The topological polar surface area (TPSA) is 65.8 Å². The second kappa shape index (κ2) is 6.34. The third kappa shape index (κ3) is 2.61. The average molecular weight is 341 g/mol. The number of imidazole rings is 1. The summed E-state index contributed by atoms with van der Waals surface area (Å²) in [5.74, 6) is 0.377. The number of aromatic nitrogens is 2. The van der Waals surface area contributed by atoms with Gasteiger partial charge < -0.3 is 18.8 Å². The largest absolute Gasteiger partial charge is 0.466 e. The molecule has 0 aliphatic carbocycles. The first-order valence-electron chi connectivity index (χ1n) is 8.12. The lowest BCUT2D eigenvalue weighted by atomic mass is 10.1. The van der Waals surface area contributed by atoms with Gasteiger partial charge in [0.2, 0.25) is 12.2 Å². The average Bonchev–Trinajstić information content (AvgIpc) is 3.30. The number of hydrogen-bond donors (Lipinski definition) is 0. The van der Waals surface area contributed by atoms with E-state index in [0.29, 0.717) is 25.3 Å². The zero-order valence-electron chi connectivity index (χ0n) is 14.1. The van der Waals surface area contributed by atoms with Crippen molar-refractivity contribution in [2.75, 3.05) is 25.2 Å². The highest BCUT2D eigenvalue weighted by Crippen LogP contribution is 2.38. The molecule has 0 bridgehead atoms. The number of hydrogen-bond acceptors (Lipinski definition) is 6. The number of para-hydroxylation sites is 1. The van der Waals surface area contributed by atoms with Crippen LogP contribution in [0, 0.1) is 0 Å². The Bertz CT molecular complexity index is 822. The zero-order chi connectivity index (χ0) is 17.4. The highest BCUT2D eigenvalue weighted by Gasteiger charge is 2.33. The van der Waals surface area contributed by atoms with Crippen molar-refractivity contribution in [3.05, 3.63) is 53.5 Å². The molecule has 1 aromatic carbocycles. The van der Waals surface area contributed by atoms with Gasteiger partial charge in [0.15, 0.2) is 0 Å². The lowest BCUT2D eigenvalue weighted by molar-refractivity contribution is -0.136. The molecule has 7 nitrogen and oxygen atoms in total. The van der Waals surface area contributed by atoms with Crippen molar-refractivity contribution in [1.29, 1.82) is 0 Å². The van der Waals surface area contributed by atoms with Gasteiger partial charge in [0, 0.05) is 11.4 Å². The molecule has 1 saturated heterocycles. The van der Waals surface area contributed by atoms with E-state index in [-0.39, 0.29) is 5.97 Å². The normalized spacial score (nSPS) is 17.8. The van der Waals surface area contributed by atoms with Crippen molar-refractivity contribution in [2.45, 2.75) is 19.8 Å². The van der Waals surface area contributed by atoms with Gasteiger partial charge in [0.25, 0.3) is 0 Å². The number of rotatable bonds is 3. The molecule has 7 heteroatoms. The van der Waals surface area contributed by atoms with Gasteiger partial charge in [-0.05, 0) is 19.1 Å². The Kier molecular flexibility index (Phi) is 4.03. The van der Waals surface area contributed by atoms with Gasteiger partial charge in [-0.15, -0.1) is 0 Å². The fourth-order valence-electron chi connectivity index (χ4n) is 3.22. The predicted octanol–water partition coefficient (Wildman–Crippen LogP) is 2.53. The summed E-state index contributed by atoms with van der Waals surface area (Å²) in [6.07, 6.45) is 1.28. The van der Waals surface area contributed by atoms with Crippen LogP contribution in [0.3, 0.4) is 0 Å².